The molecule has 1 unspecified atom stereocenters. The van der Waals surface area contributed by atoms with Gasteiger partial charge in [-0.15, -0.1) is 0 Å². The van der Waals surface area contributed by atoms with Gasteiger partial charge in [0.05, 0.1) is 0 Å². The summed E-state index contributed by atoms with van der Waals surface area (Å²) in [6.45, 7) is 0. The van der Waals surface area contributed by atoms with E-state index in [9.17, 15) is 26.7 Å². The molecule has 0 aliphatic heterocycles. The molecule has 3 nitrogen and oxygen atoms in total. The van der Waals surface area contributed by atoms with E-state index < -0.39 is 41.3 Å². The zero-order valence-corrected chi connectivity index (χ0v) is 8.76. The highest BCUT2D eigenvalue weighted by Crippen LogP contribution is 2.32. The molecule has 0 fully saturated rings. The van der Waals surface area contributed by atoms with Crippen molar-refractivity contribution in [2.45, 2.75) is 18.1 Å². The van der Waals surface area contributed by atoms with Gasteiger partial charge in [0.15, 0.2) is 0 Å². The number of carbonyl (C=O) groups is 1. The minimum absolute atomic E-state index is 0.355. The monoisotopic (exact) mass is 269 g/mol. The van der Waals surface area contributed by atoms with Gasteiger partial charge in [-0.3, -0.25) is 0 Å². The first-order valence-electron chi connectivity index (χ1n) is 4.61. The number of hydrogen-bond donors (Lipinski definition) is 2. The molecular formula is C10H8F5NO2. The SMILES string of the molecule is NC(Cc1ccc(F)cc1F)(C(=O)O)C(F)(F)F. The second-order valence-corrected chi connectivity index (χ2v) is 3.69. The van der Waals surface area contributed by atoms with Crippen LogP contribution in [0.4, 0.5) is 22.0 Å². The molecule has 1 atom stereocenters. The van der Waals surface area contributed by atoms with Crippen LogP contribution in [0.25, 0.3) is 0 Å². The third kappa shape index (κ3) is 2.58. The summed E-state index contributed by atoms with van der Waals surface area (Å²) in [5, 5.41) is 8.53. The van der Waals surface area contributed by atoms with Crippen molar-refractivity contribution in [1.29, 1.82) is 0 Å². The Balaban J connectivity index is 3.17. The highest BCUT2D eigenvalue weighted by molar-refractivity contribution is 5.80. The van der Waals surface area contributed by atoms with Crippen molar-refractivity contribution in [3.05, 3.63) is 35.4 Å². The third-order valence-corrected chi connectivity index (χ3v) is 2.37. The van der Waals surface area contributed by atoms with Crippen molar-refractivity contribution < 1.29 is 31.9 Å². The maximum atomic E-state index is 13.2. The normalized spacial score (nSPS) is 15.2. The highest BCUT2D eigenvalue weighted by atomic mass is 19.4. The quantitative estimate of drug-likeness (QED) is 0.823. The topological polar surface area (TPSA) is 63.3 Å². The standard InChI is InChI=1S/C10H8F5NO2/c11-6-2-1-5(7(12)3-6)4-9(16,8(17)18)10(13,14)15/h1-3H,4,16H2,(H,17,18). The van der Waals surface area contributed by atoms with Crippen LogP contribution >= 0.6 is 0 Å². The van der Waals surface area contributed by atoms with Crippen molar-refractivity contribution in [3.63, 3.8) is 0 Å². The van der Waals surface area contributed by atoms with Gasteiger partial charge in [-0.05, 0) is 11.6 Å². The van der Waals surface area contributed by atoms with E-state index in [0.29, 0.717) is 6.07 Å². The summed E-state index contributed by atoms with van der Waals surface area (Å²) in [6, 6.07) is 1.80. The Hall–Kier alpha value is -1.70. The number of rotatable bonds is 3. The Morgan fingerprint density at radius 3 is 2.22 bits per heavy atom. The van der Waals surface area contributed by atoms with E-state index in [0.717, 1.165) is 12.1 Å². The van der Waals surface area contributed by atoms with Gasteiger partial charge in [0.25, 0.3) is 0 Å². The zero-order valence-electron chi connectivity index (χ0n) is 8.76. The average molecular weight is 269 g/mol. The predicted octanol–water partition coefficient (Wildman–Crippen LogP) is 1.85. The minimum Gasteiger partial charge on any atom is -0.480 e. The van der Waals surface area contributed by atoms with Crippen LogP contribution in [0.15, 0.2) is 18.2 Å². The average Bonchev–Trinajstić information content (AvgIpc) is 2.20. The van der Waals surface area contributed by atoms with Gasteiger partial charge >= 0.3 is 12.1 Å². The van der Waals surface area contributed by atoms with Crippen LogP contribution in [0.5, 0.6) is 0 Å². The largest absolute Gasteiger partial charge is 0.480 e. The van der Waals surface area contributed by atoms with Gasteiger partial charge in [0, 0.05) is 12.5 Å². The van der Waals surface area contributed by atoms with Gasteiger partial charge in [0.2, 0.25) is 5.54 Å². The summed E-state index contributed by atoms with van der Waals surface area (Å²) in [5.41, 5.74) is 0.526. The van der Waals surface area contributed by atoms with Crippen LogP contribution in [-0.4, -0.2) is 22.8 Å². The summed E-state index contributed by atoms with van der Waals surface area (Å²) in [4.78, 5) is 10.6. The smallest absolute Gasteiger partial charge is 0.417 e. The molecule has 1 aromatic carbocycles. The van der Waals surface area contributed by atoms with Crippen molar-refractivity contribution in [2.24, 2.45) is 5.73 Å². The fourth-order valence-corrected chi connectivity index (χ4v) is 1.26. The molecule has 0 amide bonds. The summed E-state index contributed by atoms with van der Waals surface area (Å²) in [7, 11) is 0. The molecule has 0 aliphatic carbocycles. The molecule has 100 valence electrons. The lowest BCUT2D eigenvalue weighted by atomic mass is 9.91. The maximum absolute atomic E-state index is 13.2. The number of alkyl halides is 3. The number of carboxylic acid groups (broad SMARTS) is 1. The molecule has 0 spiro atoms. The predicted molar refractivity (Wildman–Crippen MR) is 50.7 cm³/mol. The van der Waals surface area contributed by atoms with E-state index in [4.69, 9.17) is 10.8 Å². The minimum atomic E-state index is -5.26. The van der Waals surface area contributed by atoms with Crippen LogP contribution in [0.1, 0.15) is 5.56 Å². The molecule has 0 heterocycles. The molecule has 0 aromatic heterocycles. The fraction of sp³-hybridized carbons (Fsp3) is 0.300. The van der Waals surface area contributed by atoms with E-state index in [1.165, 1.54) is 0 Å². The second kappa shape index (κ2) is 4.52. The maximum Gasteiger partial charge on any atom is 0.417 e. The first-order valence-corrected chi connectivity index (χ1v) is 4.61. The molecule has 1 rings (SSSR count). The van der Waals surface area contributed by atoms with E-state index in [1.54, 1.807) is 0 Å². The first kappa shape index (κ1) is 14.4. The zero-order chi connectivity index (χ0) is 14.1. The lowest BCUT2D eigenvalue weighted by Crippen LogP contribution is -2.61. The molecule has 8 heteroatoms. The third-order valence-electron chi connectivity index (χ3n) is 2.37. The Kier molecular flexibility index (Phi) is 3.61. The molecule has 18 heavy (non-hydrogen) atoms. The Morgan fingerprint density at radius 1 is 1.28 bits per heavy atom. The molecule has 0 saturated carbocycles. The molecule has 0 aliphatic rings. The second-order valence-electron chi connectivity index (χ2n) is 3.69. The lowest BCUT2D eigenvalue weighted by Gasteiger charge is -2.27. The molecule has 0 saturated heterocycles. The number of benzene rings is 1. The van der Waals surface area contributed by atoms with E-state index in [-0.39, 0.29) is 0 Å². The number of aliphatic carboxylic acids is 1. The Labute approximate surface area is 98.0 Å². The van der Waals surface area contributed by atoms with Crippen molar-refractivity contribution in [1.82, 2.24) is 0 Å². The van der Waals surface area contributed by atoms with Gasteiger partial charge in [-0.2, -0.15) is 13.2 Å². The van der Waals surface area contributed by atoms with E-state index in [2.05, 4.69) is 0 Å². The fourth-order valence-electron chi connectivity index (χ4n) is 1.26. The van der Waals surface area contributed by atoms with Crippen molar-refractivity contribution in [3.8, 4) is 0 Å². The summed E-state index contributed by atoms with van der Waals surface area (Å²) < 4.78 is 63.4. The molecule has 0 radical (unpaired) electrons. The van der Waals surface area contributed by atoms with E-state index >= 15 is 0 Å². The first-order chi connectivity index (χ1) is 8.08. The van der Waals surface area contributed by atoms with Crippen LogP contribution < -0.4 is 5.73 Å². The summed E-state index contributed by atoms with van der Waals surface area (Å²) in [6.07, 6.45) is -6.59. The Morgan fingerprint density at radius 2 is 1.83 bits per heavy atom. The van der Waals surface area contributed by atoms with Crippen LogP contribution in [0.3, 0.4) is 0 Å². The number of nitrogens with two attached hydrogens (primary N) is 1. The van der Waals surface area contributed by atoms with Crippen molar-refractivity contribution >= 4 is 5.97 Å². The van der Waals surface area contributed by atoms with Crippen LogP contribution in [0.2, 0.25) is 0 Å². The lowest BCUT2D eigenvalue weighted by molar-refractivity contribution is -0.201. The summed E-state index contributed by atoms with van der Waals surface area (Å²) >= 11 is 0. The van der Waals surface area contributed by atoms with E-state index in [1.807, 2.05) is 0 Å². The van der Waals surface area contributed by atoms with Crippen LogP contribution in [-0.2, 0) is 11.2 Å². The Bertz CT molecular complexity index is 474. The molecule has 0 bridgehead atoms. The van der Waals surface area contributed by atoms with Gasteiger partial charge in [-0.1, -0.05) is 6.07 Å². The molecule has 1 aromatic rings. The van der Waals surface area contributed by atoms with Gasteiger partial charge in [0.1, 0.15) is 11.6 Å². The van der Waals surface area contributed by atoms with Crippen molar-refractivity contribution in [2.75, 3.05) is 0 Å². The number of carboxylic acids is 1. The van der Waals surface area contributed by atoms with Gasteiger partial charge < -0.3 is 10.8 Å². The van der Waals surface area contributed by atoms with Gasteiger partial charge in [-0.25, -0.2) is 13.6 Å². The molecular weight excluding hydrogens is 261 g/mol. The molecule has 3 N–H and O–H groups in total. The number of hydrogen-bond acceptors (Lipinski definition) is 2. The highest BCUT2D eigenvalue weighted by Gasteiger charge is 2.58. The summed E-state index contributed by atoms with van der Waals surface area (Å²) in [5.74, 6) is -4.60. The number of halogens is 5. The van der Waals surface area contributed by atoms with Crippen LogP contribution in [0, 0.1) is 11.6 Å².